The maximum absolute atomic E-state index is 11.6. The first kappa shape index (κ1) is 15.6. The molecule has 1 aromatic rings. The van der Waals surface area contributed by atoms with E-state index in [1.54, 1.807) is 0 Å². The van der Waals surface area contributed by atoms with E-state index in [2.05, 4.69) is 10.4 Å². The molecule has 1 atom stereocenters. The van der Waals surface area contributed by atoms with Crippen molar-refractivity contribution in [3.05, 3.63) is 22.5 Å². The lowest BCUT2D eigenvalue weighted by atomic mass is 10.1. The summed E-state index contributed by atoms with van der Waals surface area (Å²) >= 11 is 0. The molecular formula is C11H16N4O5. The molecule has 110 valence electrons. The van der Waals surface area contributed by atoms with Crippen molar-refractivity contribution in [2.45, 2.75) is 38.8 Å². The lowest BCUT2D eigenvalue weighted by Gasteiger charge is -2.13. The molecule has 0 saturated carbocycles. The molecular weight excluding hydrogens is 268 g/mol. The Labute approximate surface area is 114 Å². The van der Waals surface area contributed by atoms with E-state index in [4.69, 9.17) is 5.11 Å². The van der Waals surface area contributed by atoms with Gasteiger partial charge in [-0.15, -0.1) is 0 Å². The molecule has 0 bridgehead atoms. The number of amides is 1. The van der Waals surface area contributed by atoms with Gasteiger partial charge in [0.1, 0.15) is 18.4 Å². The Morgan fingerprint density at radius 2 is 2.30 bits per heavy atom. The molecule has 0 saturated heterocycles. The van der Waals surface area contributed by atoms with Crippen molar-refractivity contribution < 1.29 is 19.6 Å². The first-order valence-electron chi connectivity index (χ1n) is 6.13. The molecule has 0 aromatic carbocycles. The fourth-order valence-corrected chi connectivity index (χ4v) is 1.60. The van der Waals surface area contributed by atoms with Crippen molar-refractivity contribution in [1.29, 1.82) is 0 Å². The Morgan fingerprint density at radius 3 is 2.80 bits per heavy atom. The summed E-state index contributed by atoms with van der Waals surface area (Å²) in [6.45, 7) is 1.98. The van der Waals surface area contributed by atoms with Gasteiger partial charge in [-0.3, -0.25) is 19.6 Å². The van der Waals surface area contributed by atoms with Gasteiger partial charge in [0.25, 0.3) is 0 Å². The zero-order valence-corrected chi connectivity index (χ0v) is 11.0. The maximum atomic E-state index is 11.6. The zero-order chi connectivity index (χ0) is 15.1. The summed E-state index contributed by atoms with van der Waals surface area (Å²) in [7, 11) is 0. The highest BCUT2D eigenvalue weighted by molar-refractivity contribution is 5.83. The Kier molecular flexibility index (Phi) is 5.63. The number of aromatic nitrogens is 2. The van der Waals surface area contributed by atoms with Crippen molar-refractivity contribution in [2.75, 3.05) is 0 Å². The molecule has 9 nitrogen and oxygen atoms in total. The first-order chi connectivity index (χ1) is 9.43. The van der Waals surface area contributed by atoms with Crippen molar-refractivity contribution in [1.82, 2.24) is 15.1 Å². The van der Waals surface area contributed by atoms with E-state index in [0.717, 1.165) is 6.20 Å². The van der Waals surface area contributed by atoms with Crippen LogP contribution in [0.5, 0.6) is 0 Å². The second-order valence-electron chi connectivity index (χ2n) is 4.22. The maximum Gasteiger partial charge on any atom is 0.326 e. The van der Waals surface area contributed by atoms with Crippen LogP contribution in [0, 0.1) is 10.1 Å². The Hall–Kier alpha value is -2.45. The summed E-state index contributed by atoms with van der Waals surface area (Å²) in [6.07, 6.45) is 3.31. The van der Waals surface area contributed by atoms with Crippen LogP contribution in [0.2, 0.25) is 0 Å². The Bertz CT molecular complexity index is 499. The molecule has 2 N–H and O–H groups in total. The van der Waals surface area contributed by atoms with Crippen LogP contribution in [-0.4, -0.2) is 37.7 Å². The third-order valence-electron chi connectivity index (χ3n) is 2.61. The number of hydrogen-bond donors (Lipinski definition) is 2. The van der Waals surface area contributed by atoms with E-state index in [1.165, 1.54) is 10.9 Å². The lowest BCUT2D eigenvalue weighted by Crippen LogP contribution is -2.40. The average molecular weight is 284 g/mol. The summed E-state index contributed by atoms with van der Waals surface area (Å²) < 4.78 is 1.27. The van der Waals surface area contributed by atoms with Crippen molar-refractivity contribution >= 4 is 17.6 Å². The minimum absolute atomic E-state index is 0.00628. The summed E-state index contributed by atoms with van der Waals surface area (Å²) in [5, 5.41) is 25.5. The summed E-state index contributed by atoms with van der Waals surface area (Å²) in [4.78, 5) is 32.3. The van der Waals surface area contributed by atoms with Crippen molar-refractivity contribution in [2.24, 2.45) is 0 Å². The lowest BCUT2D eigenvalue weighted by molar-refractivity contribution is -0.385. The van der Waals surface area contributed by atoms with Crippen LogP contribution in [0.4, 0.5) is 5.69 Å². The summed E-state index contributed by atoms with van der Waals surface area (Å²) in [5.74, 6) is -1.50. The van der Waals surface area contributed by atoms with Gasteiger partial charge in [-0.1, -0.05) is 13.3 Å². The molecule has 1 heterocycles. The highest BCUT2D eigenvalue weighted by Gasteiger charge is 2.18. The first-order valence-corrected chi connectivity index (χ1v) is 6.13. The fraction of sp³-hybridized carbons (Fsp3) is 0.545. The molecule has 0 radical (unpaired) electrons. The molecule has 0 aliphatic heterocycles. The van der Waals surface area contributed by atoms with Gasteiger partial charge in [0.15, 0.2) is 0 Å². The van der Waals surface area contributed by atoms with E-state index in [0.29, 0.717) is 12.8 Å². The minimum Gasteiger partial charge on any atom is -0.480 e. The second kappa shape index (κ2) is 7.22. The second-order valence-corrected chi connectivity index (χ2v) is 4.22. The van der Waals surface area contributed by atoms with Gasteiger partial charge in [0.05, 0.1) is 4.92 Å². The highest BCUT2D eigenvalue weighted by Crippen LogP contribution is 2.08. The summed E-state index contributed by atoms with van der Waals surface area (Å²) in [6, 6.07) is -0.903. The number of carbonyl (C=O) groups excluding carboxylic acids is 1. The number of nitrogens with zero attached hydrogens (tertiary/aromatic N) is 3. The van der Waals surface area contributed by atoms with Gasteiger partial charge in [0, 0.05) is 13.0 Å². The number of nitro groups is 1. The largest absolute Gasteiger partial charge is 0.480 e. The van der Waals surface area contributed by atoms with Gasteiger partial charge in [-0.05, 0) is 6.42 Å². The molecule has 1 amide bonds. The van der Waals surface area contributed by atoms with E-state index in [-0.39, 0.29) is 18.7 Å². The third-order valence-corrected chi connectivity index (χ3v) is 2.61. The molecule has 0 aliphatic carbocycles. The normalized spacial score (nSPS) is 11.8. The average Bonchev–Trinajstić information content (AvgIpc) is 2.84. The number of hydrogen-bond acceptors (Lipinski definition) is 5. The topological polar surface area (TPSA) is 127 Å². The molecule has 1 unspecified atom stereocenters. The van der Waals surface area contributed by atoms with Crippen LogP contribution in [0.3, 0.4) is 0 Å². The number of rotatable bonds is 8. The molecule has 0 spiro atoms. The van der Waals surface area contributed by atoms with Crippen LogP contribution in [0.25, 0.3) is 0 Å². The van der Waals surface area contributed by atoms with Gasteiger partial charge < -0.3 is 10.4 Å². The van der Waals surface area contributed by atoms with Gasteiger partial charge in [-0.2, -0.15) is 5.10 Å². The molecule has 1 aromatic heterocycles. The molecule has 0 aliphatic rings. The van der Waals surface area contributed by atoms with Crippen LogP contribution < -0.4 is 5.32 Å². The third kappa shape index (κ3) is 4.67. The number of aliphatic carboxylic acids is 1. The number of carboxylic acids is 1. The number of carbonyl (C=O) groups is 2. The number of carboxylic acid groups (broad SMARTS) is 1. The van der Waals surface area contributed by atoms with Gasteiger partial charge >= 0.3 is 11.7 Å². The highest BCUT2D eigenvalue weighted by atomic mass is 16.6. The van der Waals surface area contributed by atoms with E-state index >= 15 is 0 Å². The fourth-order valence-electron chi connectivity index (χ4n) is 1.60. The smallest absolute Gasteiger partial charge is 0.326 e. The predicted octanol–water partition coefficient (Wildman–Crippen LogP) is 0.551. The molecule has 1 rings (SSSR count). The zero-order valence-electron chi connectivity index (χ0n) is 11.0. The minimum atomic E-state index is -1.07. The quantitative estimate of drug-likeness (QED) is 0.530. The molecule has 0 fully saturated rings. The van der Waals surface area contributed by atoms with E-state index < -0.39 is 22.8 Å². The molecule has 9 heteroatoms. The van der Waals surface area contributed by atoms with Crippen LogP contribution in [-0.2, 0) is 16.1 Å². The predicted molar refractivity (Wildman–Crippen MR) is 68.0 cm³/mol. The van der Waals surface area contributed by atoms with Crippen molar-refractivity contribution in [3.8, 4) is 0 Å². The Balaban J connectivity index is 2.45. The summed E-state index contributed by atoms with van der Waals surface area (Å²) in [5.41, 5.74) is -0.153. The van der Waals surface area contributed by atoms with E-state index in [1.807, 2.05) is 6.92 Å². The Morgan fingerprint density at radius 1 is 1.60 bits per heavy atom. The van der Waals surface area contributed by atoms with Gasteiger partial charge in [-0.25, -0.2) is 4.79 Å². The SMILES string of the molecule is CCCC(NC(=O)CCn1cc([N+](=O)[O-])cn1)C(=O)O. The monoisotopic (exact) mass is 284 g/mol. The van der Waals surface area contributed by atoms with Crippen molar-refractivity contribution in [3.63, 3.8) is 0 Å². The standard InChI is InChI=1S/C11H16N4O5/c1-2-3-9(11(17)18)13-10(16)4-5-14-7-8(6-12-14)15(19)20/h6-7,9H,2-5H2,1H3,(H,13,16)(H,17,18). The van der Waals surface area contributed by atoms with Gasteiger partial charge in [0.2, 0.25) is 5.91 Å². The van der Waals surface area contributed by atoms with Crippen LogP contribution >= 0.6 is 0 Å². The number of aryl methyl sites for hydroxylation is 1. The van der Waals surface area contributed by atoms with E-state index in [9.17, 15) is 19.7 Å². The van der Waals surface area contributed by atoms with Crippen LogP contribution in [0.15, 0.2) is 12.4 Å². The van der Waals surface area contributed by atoms with Crippen LogP contribution in [0.1, 0.15) is 26.2 Å². The number of nitrogens with one attached hydrogen (secondary N) is 1. The molecule has 20 heavy (non-hydrogen) atoms.